The number of aromatic nitrogens is 1. The van der Waals surface area contributed by atoms with Crippen molar-refractivity contribution in [1.82, 2.24) is 4.98 Å². The number of halogens is 2. The Bertz CT molecular complexity index is 813. The molecule has 0 aliphatic carbocycles. The fourth-order valence-electron chi connectivity index (χ4n) is 2.38. The van der Waals surface area contributed by atoms with E-state index in [0.717, 1.165) is 27.6 Å². The summed E-state index contributed by atoms with van der Waals surface area (Å²) < 4.78 is 0. The molecule has 0 saturated heterocycles. The van der Waals surface area contributed by atoms with Crippen LogP contribution in [0.1, 0.15) is 5.56 Å². The summed E-state index contributed by atoms with van der Waals surface area (Å²) in [6, 6.07) is 11.5. The molecule has 2 N–H and O–H groups in total. The summed E-state index contributed by atoms with van der Waals surface area (Å²) in [6.45, 7) is 1.99. The van der Waals surface area contributed by atoms with E-state index in [0.29, 0.717) is 15.7 Å². The van der Waals surface area contributed by atoms with E-state index in [1.165, 1.54) is 0 Å². The second-order valence-corrected chi connectivity index (χ2v) is 5.53. The zero-order valence-electron chi connectivity index (χ0n) is 10.8. The zero-order valence-corrected chi connectivity index (χ0v) is 12.3. The number of nitrogen functional groups attached to an aromatic ring is 1. The minimum Gasteiger partial charge on any atom is -0.397 e. The average molecular weight is 303 g/mol. The van der Waals surface area contributed by atoms with Crippen molar-refractivity contribution < 1.29 is 0 Å². The number of pyridine rings is 1. The van der Waals surface area contributed by atoms with E-state index in [1.54, 1.807) is 6.20 Å². The number of hydrogen-bond donors (Lipinski definition) is 1. The van der Waals surface area contributed by atoms with Gasteiger partial charge in [-0.2, -0.15) is 0 Å². The van der Waals surface area contributed by atoms with Crippen molar-refractivity contribution in [3.8, 4) is 11.1 Å². The van der Waals surface area contributed by atoms with Gasteiger partial charge in [-0.1, -0.05) is 41.4 Å². The summed E-state index contributed by atoms with van der Waals surface area (Å²) in [5.41, 5.74) is 10.3. The lowest BCUT2D eigenvalue weighted by molar-refractivity contribution is 1.39. The third-order valence-electron chi connectivity index (χ3n) is 3.24. The Morgan fingerprint density at radius 3 is 2.55 bits per heavy atom. The molecular formula is C16H12Cl2N2. The quantitative estimate of drug-likeness (QED) is 0.679. The summed E-state index contributed by atoms with van der Waals surface area (Å²) in [6.07, 6.45) is 1.63. The van der Waals surface area contributed by atoms with Crippen LogP contribution in [0.25, 0.3) is 22.0 Å². The molecule has 3 aromatic rings. The van der Waals surface area contributed by atoms with Gasteiger partial charge in [0.2, 0.25) is 0 Å². The van der Waals surface area contributed by atoms with E-state index in [2.05, 4.69) is 4.98 Å². The second kappa shape index (κ2) is 4.97. The molecular weight excluding hydrogens is 291 g/mol. The summed E-state index contributed by atoms with van der Waals surface area (Å²) in [5, 5.41) is 2.20. The van der Waals surface area contributed by atoms with Crippen LogP contribution in [0.5, 0.6) is 0 Å². The van der Waals surface area contributed by atoms with Gasteiger partial charge in [0.05, 0.1) is 22.4 Å². The molecule has 0 unspecified atom stereocenters. The second-order valence-electron chi connectivity index (χ2n) is 4.71. The highest BCUT2D eigenvalue weighted by Crippen LogP contribution is 2.38. The van der Waals surface area contributed by atoms with Crippen molar-refractivity contribution in [2.75, 3.05) is 5.73 Å². The Balaban J connectivity index is 2.46. The van der Waals surface area contributed by atoms with Gasteiger partial charge >= 0.3 is 0 Å². The molecule has 0 radical (unpaired) electrons. The van der Waals surface area contributed by atoms with Crippen molar-refractivity contribution in [1.29, 1.82) is 0 Å². The van der Waals surface area contributed by atoms with Crippen LogP contribution in [0.4, 0.5) is 5.69 Å². The van der Waals surface area contributed by atoms with E-state index in [9.17, 15) is 0 Å². The number of aryl methyl sites for hydroxylation is 1. The summed E-state index contributed by atoms with van der Waals surface area (Å²) >= 11 is 12.6. The molecule has 20 heavy (non-hydrogen) atoms. The maximum atomic E-state index is 6.30. The van der Waals surface area contributed by atoms with Crippen molar-refractivity contribution in [2.24, 2.45) is 0 Å². The molecule has 1 aromatic heterocycles. The smallest absolute Gasteiger partial charge is 0.0896 e. The van der Waals surface area contributed by atoms with Gasteiger partial charge < -0.3 is 5.73 Å². The van der Waals surface area contributed by atoms with Gasteiger partial charge in [-0.3, -0.25) is 4.98 Å². The molecule has 1 heterocycles. The highest BCUT2D eigenvalue weighted by Gasteiger charge is 2.14. The maximum absolute atomic E-state index is 6.30. The molecule has 0 saturated carbocycles. The summed E-state index contributed by atoms with van der Waals surface area (Å²) in [7, 11) is 0. The van der Waals surface area contributed by atoms with E-state index >= 15 is 0 Å². The van der Waals surface area contributed by atoms with Crippen LogP contribution in [0.15, 0.2) is 42.6 Å². The van der Waals surface area contributed by atoms with Gasteiger partial charge in [0.25, 0.3) is 0 Å². The van der Waals surface area contributed by atoms with Crippen LogP contribution in [0.2, 0.25) is 10.0 Å². The normalized spacial score (nSPS) is 10.9. The van der Waals surface area contributed by atoms with E-state index in [-0.39, 0.29) is 0 Å². The molecule has 0 bridgehead atoms. The Morgan fingerprint density at radius 2 is 1.80 bits per heavy atom. The summed E-state index contributed by atoms with van der Waals surface area (Å²) in [5.74, 6) is 0. The average Bonchev–Trinajstić information content (AvgIpc) is 2.39. The largest absolute Gasteiger partial charge is 0.397 e. The molecule has 100 valence electrons. The predicted molar refractivity (Wildman–Crippen MR) is 86.3 cm³/mol. The number of hydrogen-bond acceptors (Lipinski definition) is 2. The van der Waals surface area contributed by atoms with Crippen LogP contribution in [0.3, 0.4) is 0 Å². The number of nitrogens with two attached hydrogens (primary N) is 1. The molecule has 0 amide bonds. The number of benzene rings is 2. The molecule has 0 aliphatic heterocycles. The highest BCUT2D eigenvalue weighted by atomic mass is 35.5. The molecule has 0 aliphatic rings. The molecule has 2 aromatic carbocycles. The fourth-order valence-corrected chi connectivity index (χ4v) is 2.93. The minimum absolute atomic E-state index is 0.590. The van der Waals surface area contributed by atoms with Crippen LogP contribution in [0, 0.1) is 6.92 Å². The molecule has 3 rings (SSSR count). The van der Waals surface area contributed by atoms with Crippen molar-refractivity contribution >= 4 is 39.8 Å². The Kier molecular flexibility index (Phi) is 3.28. The maximum Gasteiger partial charge on any atom is 0.0896 e. The van der Waals surface area contributed by atoms with Crippen molar-refractivity contribution in [3.63, 3.8) is 0 Å². The first kappa shape index (κ1) is 13.2. The lowest BCUT2D eigenvalue weighted by atomic mass is 9.98. The molecule has 2 nitrogen and oxygen atoms in total. The minimum atomic E-state index is 0.590. The van der Waals surface area contributed by atoms with Gasteiger partial charge in [-0.15, -0.1) is 0 Å². The number of fused-ring (bicyclic) bond motifs is 1. The monoisotopic (exact) mass is 302 g/mol. The molecule has 0 fully saturated rings. The van der Waals surface area contributed by atoms with E-state index in [4.69, 9.17) is 28.9 Å². The first-order valence-corrected chi connectivity index (χ1v) is 6.93. The van der Waals surface area contributed by atoms with Crippen LogP contribution in [-0.4, -0.2) is 4.98 Å². The van der Waals surface area contributed by atoms with Crippen molar-refractivity contribution in [3.05, 3.63) is 58.2 Å². The van der Waals surface area contributed by atoms with E-state index < -0.39 is 0 Å². The number of nitrogens with zero attached hydrogens (tertiary/aromatic N) is 1. The molecule has 4 heteroatoms. The standard InChI is InChI=1S/C16H12Cl2N2/c1-9-6-11-15(10-4-2-3-5-12(10)17)14(19)8-20-16(11)13(18)7-9/h2-8H,19H2,1H3. The third-order valence-corrected chi connectivity index (χ3v) is 3.86. The van der Waals surface area contributed by atoms with Crippen LogP contribution in [-0.2, 0) is 0 Å². The van der Waals surface area contributed by atoms with Gasteiger partial charge in [0.15, 0.2) is 0 Å². The van der Waals surface area contributed by atoms with Crippen LogP contribution >= 0.6 is 23.2 Å². The van der Waals surface area contributed by atoms with E-state index in [1.807, 2.05) is 43.3 Å². The summed E-state index contributed by atoms with van der Waals surface area (Å²) in [4.78, 5) is 4.34. The van der Waals surface area contributed by atoms with Gasteiger partial charge in [0.1, 0.15) is 0 Å². The fraction of sp³-hybridized carbons (Fsp3) is 0.0625. The lowest BCUT2D eigenvalue weighted by Crippen LogP contribution is -1.95. The molecule has 0 spiro atoms. The van der Waals surface area contributed by atoms with Gasteiger partial charge in [-0.05, 0) is 30.7 Å². The lowest BCUT2D eigenvalue weighted by Gasteiger charge is -2.12. The number of anilines is 1. The third kappa shape index (κ3) is 2.11. The Hall–Kier alpha value is -1.77. The first-order valence-electron chi connectivity index (χ1n) is 6.17. The first-order chi connectivity index (χ1) is 9.58. The molecule has 0 atom stereocenters. The SMILES string of the molecule is Cc1cc(Cl)c2ncc(N)c(-c3ccccc3Cl)c2c1. The highest BCUT2D eigenvalue weighted by molar-refractivity contribution is 6.36. The topological polar surface area (TPSA) is 38.9 Å². The predicted octanol–water partition coefficient (Wildman–Crippen LogP) is 5.10. The van der Waals surface area contributed by atoms with Gasteiger partial charge in [-0.25, -0.2) is 0 Å². The Morgan fingerprint density at radius 1 is 1.05 bits per heavy atom. The van der Waals surface area contributed by atoms with Crippen LogP contribution < -0.4 is 5.73 Å². The zero-order chi connectivity index (χ0) is 14.3. The van der Waals surface area contributed by atoms with Crippen molar-refractivity contribution in [2.45, 2.75) is 6.92 Å². The van der Waals surface area contributed by atoms with Gasteiger partial charge in [0, 0.05) is 21.5 Å². The Labute approximate surface area is 127 Å². The number of rotatable bonds is 1.